The first-order chi connectivity index (χ1) is 8.49. The lowest BCUT2D eigenvalue weighted by Crippen LogP contribution is -2.19. The number of rotatable bonds is 6. The van der Waals surface area contributed by atoms with Gasteiger partial charge in [-0.15, -0.1) is 0 Å². The fourth-order valence-corrected chi connectivity index (χ4v) is 1.66. The van der Waals surface area contributed by atoms with Crippen LogP contribution in [0.15, 0.2) is 29.8 Å². The van der Waals surface area contributed by atoms with Gasteiger partial charge >= 0.3 is 0 Å². The lowest BCUT2D eigenvalue weighted by molar-refractivity contribution is 0.260. The van der Waals surface area contributed by atoms with Gasteiger partial charge < -0.3 is 9.64 Å². The predicted molar refractivity (Wildman–Crippen MR) is 78.4 cm³/mol. The van der Waals surface area contributed by atoms with Crippen molar-refractivity contribution in [2.24, 2.45) is 0 Å². The molecule has 0 N–H and O–H groups in total. The second kappa shape index (κ2) is 7.22. The van der Waals surface area contributed by atoms with Crippen LogP contribution >= 0.6 is 0 Å². The van der Waals surface area contributed by atoms with Crippen LogP contribution in [-0.2, 0) is 6.42 Å². The van der Waals surface area contributed by atoms with E-state index in [-0.39, 0.29) is 0 Å². The van der Waals surface area contributed by atoms with Gasteiger partial charge in [-0.25, -0.2) is 0 Å². The van der Waals surface area contributed by atoms with Gasteiger partial charge in [-0.05, 0) is 52.9 Å². The number of likely N-dealkylation sites (N-methyl/N-ethyl adjacent to an activating group) is 1. The molecule has 0 unspecified atom stereocenters. The summed E-state index contributed by atoms with van der Waals surface area (Å²) in [6, 6.07) is 6.40. The van der Waals surface area contributed by atoms with Crippen LogP contribution in [0.5, 0.6) is 5.75 Å². The molecule has 0 heterocycles. The molecule has 0 fully saturated rings. The number of ether oxygens (including phenoxy) is 1. The smallest absolute Gasteiger partial charge is 0.122 e. The van der Waals surface area contributed by atoms with Crippen LogP contribution in [0.4, 0.5) is 0 Å². The SMILES string of the molecule is CC(C)=CCc1cc(C)ccc1OCCN(C)C. The Morgan fingerprint density at radius 1 is 1.28 bits per heavy atom. The molecule has 0 spiro atoms. The molecule has 0 amide bonds. The third-order valence-electron chi connectivity index (χ3n) is 2.74. The van der Waals surface area contributed by atoms with Crippen molar-refractivity contribution in [3.05, 3.63) is 41.0 Å². The monoisotopic (exact) mass is 247 g/mol. The standard InChI is InChI=1S/C16H25NO/c1-13(2)6-8-15-12-14(3)7-9-16(15)18-11-10-17(4)5/h6-7,9,12H,8,10-11H2,1-5H3. The van der Waals surface area contributed by atoms with Crippen LogP contribution in [0.1, 0.15) is 25.0 Å². The normalized spacial score (nSPS) is 10.6. The van der Waals surface area contributed by atoms with Gasteiger partial charge in [-0.2, -0.15) is 0 Å². The average molecular weight is 247 g/mol. The summed E-state index contributed by atoms with van der Waals surface area (Å²) in [6.07, 6.45) is 3.19. The Morgan fingerprint density at radius 2 is 2.00 bits per heavy atom. The molecule has 0 aliphatic carbocycles. The Morgan fingerprint density at radius 3 is 2.61 bits per heavy atom. The summed E-state index contributed by atoms with van der Waals surface area (Å²) in [5, 5.41) is 0. The van der Waals surface area contributed by atoms with Crippen molar-refractivity contribution in [1.82, 2.24) is 4.90 Å². The molecule has 1 rings (SSSR count). The van der Waals surface area contributed by atoms with E-state index in [4.69, 9.17) is 4.74 Å². The molecule has 0 radical (unpaired) electrons. The maximum Gasteiger partial charge on any atom is 0.122 e. The lowest BCUT2D eigenvalue weighted by Gasteiger charge is -2.14. The van der Waals surface area contributed by atoms with Crippen molar-refractivity contribution >= 4 is 0 Å². The van der Waals surface area contributed by atoms with Crippen molar-refractivity contribution in [3.8, 4) is 5.75 Å². The first-order valence-electron chi connectivity index (χ1n) is 6.49. The zero-order valence-corrected chi connectivity index (χ0v) is 12.3. The third-order valence-corrected chi connectivity index (χ3v) is 2.74. The minimum atomic E-state index is 0.734. The summed E-state index contributed by atoms with van der Waals surface area (Å²) in [5.41, 5.74) is 3.90. The molecule has 18 heavy (non-hydrogen) atoms. The van der Waals surface area contributed by atoms with Gasteiger partial charge in [-0.1, -0.05) is 29.3 Å². The lowest BCUT2D eigenvalue weighted by atomic mass is 10.1. The van der Waals surface area contributed by atoms with Gasteiger partial charge in [0.25, 0.3) is 0 Å². The van der Waals surface area contributed by atoms with Crippen molar-refractivity contribution in [3.63, 3.8) is 0 Å². The summed E-state index contributed by atoms with van der Waals surface area (Å²) < 4.78 is 5.86. The van der Waals surface area contributed by atoms with Crippen molar-refractivity contribution in [2.45, 2.75) is 27.2 Å². The van der Waals surface area contributed by atoms with Crippen molar-refractivity contribution in [2.75, 3.05) is 27.2 Å². The summed E-state index contributed by atoms with van der Waals surface area (Å²) in [6.45, 7) is 8.05. The maximum atomic E-state index is 5.86. The van der Waals surface area contributed by atoms with Gasteiger partial charge in [0.2, 0.25) is 0 Å². The molecule has 0 aliphatic heterocycles. The van der Waals surface area contributed by atoms with Crippen LogP contribution in [0.25, 0.3) is 0 Å². The highest BCUT2D eigenvalue weighted by Crippen LogP contribution is 2.21. The van der Waals surface area contributed by atoms with E-state index >= 15 is 0 Å². The number of hydrogen-bond donors (Lipinski definition) is 0. The number of benzene rings is 1. The summed E-state index contributed by atoms with van der Waals surface area (Å²) >= 11 is 0. The van der Waals surface area contributed by atoms with Gasteiger partial charge in [0.1, 0.15) is 12.4 Å². The van der Waals surface area contributed by atoms with E-state index in [2.05, 4.69) is 64.0 Å². The summed E-state index contributed by atoms with van der Waals surface area (Å²) in [4.78, 5) is 2.13. The van der Waals surface area contributed by atoms with Crippen molar-refractivity contribution < 1.29 is 4.74 Å². The van der Waals surface area contributed by atoms with Crippen LogP contribution in [-0.4, -0.2) is 32.1 Å². The number of aryl methyl sites for hydroxylation is 1. The summed E-state index contributed by atoms with van der Waals surface area (Å²) in [7, 11) is 4.12. The van der Waals surface area contributed by atoms with E-state index < -0.39 is 0 Å². The largest absolute Gasteiger partial charge is 0.492 e. The van der Waals surface area contributed by atoms with Gasteiger partial charge in [0.05, 0.1) is 0 Å². The van der Waals surface area contributed by atoms with E-state index in [1.165, 1.54) is 16.7 Å². The highest BCUT2D eigenvalue weighted by Gasteiger charge is 2.03. The molecule has 1 aromatic carbocycles. The fraction of sp³-hybridized carbons (Fsp3) is 0.500. The number of hydrogen-bond acceptors (Lipinski definition) is 2. The minimum absolute atomic E-state index is 0.734. The molecule has 0 aliphatic rings. The molecule has 0 aromatic heterocycles. The zero-order chi connectivity index (χ0) is 13.5. The molecular formula is C16H25NO. The second-order valence-electron chi connectivity index (χ2n) is 5.25. The van der Waals surface area contributed by atoms with Gasteiger partial charge in [-0.3, -0.25) is 0 Å². The Balaban J connectivity index is 2.73. The molecular weight excluding hydrogens is 222 g/mol. The highest BCUT2D eigenvalue weighted by atomic mass is 16.5. The molecule has 2 heteroatoms. The molecule has 0 atom stereocenters. The summed E-state index contributed by atoms with van der Waals surface area (Å²) in [5.74, 6) is 1.01. The molecule has 1 aromatic rings. The highest BCUT2D eigenvalue weighted by molar-refractivity contribution is 5.38. The number of allylic oxidation sites excluding steroid dienone is 2. The van der Waals surface area contributed by atoms with Gasteiger partial charge in [0.15, 0.2) is 0 Å². The maximum absolute atomic E-state index is 5.86. The van der Waals surface area contributed by atoms with Gasteiger partial charge in [0, 0.05) is 6.54 Å². The van der Waals surface area contributed by atoms with Crippen LogP contribution in [0.2, 0.25) is 0 Å². The molecule has 0 bridgehead atoms. The van der Waals surface area contributed by atoms with E-state index in [0.717, 1.165) is 25.3 Å². The second-order valence-corrected chi connectivity index (χ2v) is 5.25. The molecule has 0 saturated heterocycles. The van der Waals surface area contributed by atoms with Crippen LogP contribution < -0.4 is 4.74 Å². The van der Waals surface area contributed by atoms with Crippen LogP contribution in [0, 0.1) is 6.92 Å². The van der Waals surface area contributed by atoms with E-state index in [1.807, 2.05) is 0 Å². The topological polar surface area (TPSA) is 12.5 Å². The zero-order valence-electron chi connectivity index (χ0n) is 12.3. The molecule has 2 nitrogen and oxygen atoms in total. The predicted octanol–water partition coefficient (Wildman–Crippen LogP) is 3.44. The molecule has 100 valence electrons. The third kappa shape index (κ3) is 5.37. The Labute approximate surface area is 111 Å². The van der Waals surface area contributed by atoms with E-state index in [1.54, 1.807) is 0 Å². The van der Waals surface area contributed by atoms with E-state index in [9.17, 15) is 0 Å². The quantitative estimate of drug-likeness (QED) is 0.714. The van der Waals surface area contributed by atoms with Crippen molar-refractivity contribution in [1.29, 1.82) is 0 Å². The van der Waals surface area contributed by atoms with Crippen LogP contribution in [0.3, 0.4) is 0 Å². The number of nitrogens with zero attached hydrogens (tertiary/aromatic N) is 1. The Bertz CT molecular complexity index is 404. The Kier molecular flexibility index (Phi) is 5.93. The fourth-order valence-electron chi connectivity index (χ4n) is 1.66. The first kappa shape index (κ1) is 14.8. The van der Waals surface area contributed by atoms with E-state index in [0.29, 0.717) is 0 Å². The minimum Gasteiger partial charge on any atom is -0.492 e. The first-order valence-corrected chi connectivity index (χ1v) is 6.49. The average Bonchev–Trinajstić information content (AvgIpc) is 2.28. The molecule has 0 saturated carbocycles. The Hall–Kier alpha value is -1.28.